The minimum atomic E-state index is -0.867. The summed E-state index contributed by atoms with van der Waals surface area (Å²) in [7, 11) is 1.28. The van der Waals surface area contributed by atoms with E-state index < -0.39 is 30.4 Å². The molecular weight excluding hydrogens is 400 g/mol. The fraction of sp³-hybridized carbons (Fsp3) is 0.348. The number of carbonyl (C=O) groups is 3. The van der Waals surface area contributed by atoms with Crippen molar-refractivity contribution in [3.05, 3.63) is 65.7 Å². The summed E-state index contributed by atoms with van der Waals surface area (Å²) in [6, 6.07) is 15.8. The molecule has 3 atom stereocenters. The maximum atomic E-state index is 13.2. The van der Waals surface area contributed by atoms with Crippen LogP contribution in [0.15, 0.2) is 54.6 Å². The van der Waals surface area contributed by atoms with Crippen LogP contribution in [0, 0.1) is 0 Å². The number of carbonyl (C=O) groups excluding carboxylic acids is 3. The first kappa shape index (κ1) is 20.7. The standard InChI is InChI=1S/C23H24N2O6/c1-3-30-22(27)24-18-12-8-7-11-16(18)17-13-19(21(26)29-2)25(20(17)24)23(28)31-14-15-9-5-4-6-10-15/h4-12,17,19-20H,3,13-14H2,1-2H3/t17-,19+,20-/m1/s1. The van der Waals surface area contributed by atoms with Gasteiger partial charge in [0.05, 0.1) is 19.4 Å². The Morgan fingerprint density at radius 2 is 1.68 bits per heavy atom. The molecule has 0 spiro atoms. The summed E-state index contributed by atoms with van der Waals surface area (Å²) in [5.74, 6) is -0.804. The Balaban J connectivity index is 1.68. The number of methoxy groups -OCH3 is 1. The van der Waals surface area contributed by atoms with E-state index in [9.17, 15) is 14.4 Å². The Kier molecular flexibility index (Phi) is 5.79. The summed E-state index contributed by atoms with van der Waals surface area (Å²) in [4.78, 5) is 41.3. The minimum Gasteiger partial charge on any atom is -0.467 e. The van der Waals surface area contributed by atoms with Gasteiger partial charge in [-0.25, -0.2) is 14.4 Å². The number of anilines is 1. The van der Waals surface area contributed by atoms with Crippen LogP contribution in [0.25, 0.3) is 0 Å². The molecule has 0 bridgehead atoms. The van der Waals surface area contributed by atoms with Gasteiger partial charge >= 0.3 is 18.2 Å². The molecule has 2 aliphatic rings. The zero-order valence-corrected chi connectivity index (χ0v) is 17.4. The SMILES string of the molecule is CCOC(=O)N1c2ccccc2[C@H]2C[C@@H](C(=O)OC)N(C(=O)OCc3ccccc3)[C@H]21. The third-order valence-electron chi connectivity index (χ3n) is 5.67. The number of likely N-dealkylation sites (tertiary alicyclic amines) is 1. The van der Waals surface area contributed by atoms with Crippen molar-refractivity contribution in [1.29, 1.82) is 0 Å². The summed E-state index contributed by atoms with van der Waals surface area (Å²) in [5, 5.41) is 0. The van der Waals surface area contributed by atoms with E-state index in [4.69, 9.17) is 14.2 Å². The number of esters is 1. The van der Waals surface area contributed by atoms with Crippen LogP contribution in [-0.2, 0) is 25.6 Å². The van der Waals surface area contributed by atoms with Gasteiger partial charge in [-0.2, -0.15) is 0 Å². The largest absolute Gasteiger partial charge is 0.467 e. The maximum absolute atomic E-state index is 13.2. The monoisotopic (exact) mass is 424 g/mol. The summed E-state index contributed by atoms with van der Waals surface area (Å²) < 4.78 is 15.7. The number of ether oxygens (including phenoxy) is 3. The van der Waals surface area contributed by atoms with Crippen LogP contribution in [0.3, 0.4) is 0 Å². The number of benzene rings is 2. The molecule has 4 rings (SSSR count). The highest BCUT2D eigenvalue weighted by molar-refractivity contribution is 5.94. The smallest absolute Gasteiger partial charge is 0.416 e. The second-order valence-corrected chi connectivity index (χ2v) is 7.37. The van der Waals surface area contributed by atoms with Crippen molar-refractivity contribution < 1.29 is 28.6 Å². The van der Waals surface area contributed by atoms with E-state index in [1.807, 2.05) is 54.6 Å². The van der Waals surface area contributed by atoms with Crippen molar-refractivity contribution >= 4 is 23.8 Å². The molecule has 8 heteroatoms. The van der Waals surface area contributed by atoms with Crippen molar-refractivity contribution in [3.63, 3.8) is 0 Å². The molecule has 8 nitrogen and oxygen atoms in total. The average Bonchev–Trinajstić information content (AvgIpc) is 3.32. The van der Waals surface area contributed by atoms with Gasteiger partial charge in [0.25, 0.3) is 0 Å². The predicted octanol–water partition coefficient (Wildman–Crippen LogP) is 3.66. The summed E-state index contributed by atoms with van der Waals surface area (Å²) >= 11 is 0. The molecule has 1 saturated heterocycles. The molecular formula is C23H24N2O6. The number of para-hydroxylation sites is 1. The molecule has 2 amide bonds. The lowest BCUT2D eigenvalue weighted by Gasteiger charge is -2.33. The van der Waals surface area contributed by atoms with Gasteiger partial charge in [0.15, 0.2) is 0 Å². The summed E-state index contributed by atoms with van der Waals surface area (Å²) in [5.41, 5.74) is 2.37. The maximum Gasteiger partial charge on any atom is 0.416 e. The molecule has 31 heavy (non-hydrogen) atoms. The Bertz CT molecular complexity index is 979. The number of hydrogen-bond donors (Lipinski definition) is 0. The van der Waals surface area contributed by atoms with E-state index in [1.54, 1.807) is 6.92 Å². The number of amides is 2. The van der Waals surface area contributed by atoms with Crippen molar-refractivity contribution in [2.75, 3.05) is 18.6 Å². The van der Waals surface area contributed by atoms with Gasteiger partial charge in [-0.15, -0.1) is 0 Å². The first-order valence-corrected chi connectivity index (χ1v) is 10.2. The Labute approximate surface area is 180 Å². The topological polar surface area (TPSA) is 85.4 Å². The quantitative estimate of drug-likeness (QED) is 0.550. The van der Waals surface area contributed by atoms with E-state index in [0.717, 1.165) is 11.1 Å². The zero-order valence-electron chi connectivity index (χ0n) is 17.4. The third kappa shape index (κ3) is 3.69. The molecule has 0 unspecified atom stereocenters. The van der Waals surface area contributed by atoms with Crippen LogP contribution >= 0.6 is 0 Å². The lowest BCUT2D eigenvalue weighted by molar-refractivity contribution is -0.145. The Morgan fingerprint density at radius 3 is 2.39 bits per heavy atom. The van der Waals surface area contributed by atoms with Gasteiger partial charge in [0, 0.05) is 5.92 Å². The van der Waals surface area contributed by atoms with E-state index in [1.165, 1.54) is 16.9 Å². The number of fused-ring (bicyclic) bond motifs is 3. The second-order valence-electron chi connectivity index (χ2n) is 7.37. The van der Waals surface area contributed by atoms with Gasteiger partial charge in [-0.3, -0.25) is 9.80 Å². The predicted molar refractivity (Wildman–Crippen MR) is 111 cm³/mol. The van der Waals surface area contributed by atoms with Crippen LogP contribution in [0.5, 0.6) is 0 Å². The first-order chi connectivity index (χ1) is 15.1. The molecule has 0 saturated carbocycles. The highest BCUT2D eigenvalue weighted by Gasteiger charge is 2.57. The number of nitrogens with zero attached hydrogens (tertiary/aromatic N) is 2. The van der Waals surface area contributed by atoms with E-state index in [2.05, 4.69) is 0 Å². The molecule has 2 aromatic carbocycles. The molecule has 2 aliphatic heterocycles. The molecule has 0 N–H and O–H groups in total. The van der Waals surface area contributed by atoms with E-state index >= 15 is 0 Å². The number of hydrogen-bond acceptors (Lipinski definition) is 6. The lowest BCUT2D eigenvalue weighted by atomic mass is 9.96. The summed E-state index contributed by atoms with van der Waals surface area (Å²) in [6.45, 7) is 1.96. The molecule has 2 heterocycles. The first-order valence-electron chi connectivity index (χ1n) is 10.2. The van der Waals surface area contributed by atoms with Crippen LogP contribution < -0.4 is 4.90 Å². The normalized spacial score (nSPS) is 21.3. The van der Waals surface area contributed by atoms with E-state index in [0.29, 0.717) is 12.1 Å². The van der Waals surface area contributed by atoms with Gasteiger partial charge in [-0.1, -0.05) is 48.5 Å². The van der Waals surface area contributed by atoms with Gasteiger partial charge < -0.3 is 14.2 Å². The average molecular weight is 424 g/mol. The number of rotatable bonds is 4. The summed E-state index contributed by atoms with van der Waals surface area (Å²) in [6.07, 6.45) is -1.67. The Hall–Kier alpha value is -3.55. The molecule has 0 radical (unpaired) electrons. The fourth-order valence-electron chi connectivity index (χ4n) is 4.38. The lowest BCUT2D eigenvalue weighted by Crippen LogP contribution is -2.54. The van der Waals surface area contributed by atoms with E-state index in [-0.39, 0.29) is 19.1 Å². The van der Waals surface area contributed by atoms with Crippen LogP contribution in [0.2, 0.25) is 0 Å². The molecule has 2 aromatic rings. The molecule has 0 aliphatic carbocycles. The molecule has 1 fully saturated rings. The van der Waals surface area contributed by atoms with Crippen molar-refractivity contribution in [1.82, 2.24) is 4.90 Å². The van der Waals surface area contributed by atoms with Crippen molar-refractivity contribution in [2.45, 2.75) is 38.1 Å². The van der Waals surface area contributed by atoms with Gasteiger partial charge in [0.1, 0.15) is 18.8 Å². The highest BCUT2D eigenvalue weighted by Crippen LogP contribution is 2.50. The molecule has 162 valence electrons. The second kappa shape index (κ2) is 8.67. The van der Waals surface area contributed by atoms with Gasteiger partial charge in [0.2, 0.25) is 0 Å². The zero-order chi connectivity index (χ0) is 22.0. The fourth-order valence-corrected chi connectivity index (χ4v) is 4.38. The highest BCUT2D eigenvalue weighted by atomic mass is 16.6. The van der Waals surface area contributed by atoms with Crippen LogP contribution in [0.4, 0.5) is 15.3 Å². The minimum absolute atomic E-state index is 0.0494. The van der Waals surface area contributed by atoms with Crippen LogP contribution in [-0.4, -0.2) is 49.0 Å². The third-order valence-corrected chi connectivity index (χ3v) is 5.67. The van der Waals surface area contributed by atoms with Gasteiger partial charge in [-0.05, 0) is 30.5 Å². The van der Waals surface area contributed by atoms with Crippen LogP contribution in [0.1, 0.15) is 30.4 Å². The Morgan fingerprint density at radius 1 is 0.968 bits per heavy atom. The molecule has 0 aromatic heterocycles. The van der Waals surface area contributed by atoms with Crippen molar-refractivity contribution in [3.8, 4) is 0 Å². The van der Waals surface area contributed by atoms with Crippen molar-refractivity contribution in [2.24, 2.45) is 0 Å².